The molecule has 0 bridgehead atoms. The molecule has 0 fully saturated rings. The van der Waals surface area contributed by atoms with Crippen LogP contribution in [0.2, 0.25) is 0 Å². The van der Waals surface area contributed by atoms with E-state index in [1.807, 2.05) is 6.08 Å². The molecule has 0 saturated heterocycles. The van der Waals surface area contributed by atoms with Gasteiger partial charge in [0.1, 0.15) is 0 Å². The Bertz CT molecular complexity index is 493. The van der Waals surface area contributed by atoms with Gasteiger partial charge in [0, 0.05) is 0 Å². The number of allylic oxidation sites excluding steroid dienone is 2. The molecule has 0 amide bonds. The first-order valence-electron chi connectivity index (χ1n) is 6.75. The molecule has 0 nitrogen and oxygen atoms in total. The van der Waals surface area contributed by atoms with E-state index >= 15 is 0 Å². The average Bonchev–Trinajstić information content (AvgIpc) is 2.47. The minimum atomic E-state index is 0.493. The average molecular weight is 248 g/mol. The molecule has 0 aromatic heterocycles. The zero-order chi connectivity index (χ0) is 13.5. The van der Waals surface area contributed by atoms with Gasteiger partial charge in [0.25, 0.3) is 0 Å². The molecule has 0 aliphatic rings. The van der Waals surface area contributed by atoms with Crippen LogP contribution in [0, 0.1) is 5.92 Å². The van der Waals surface area contributed by atoms with E-state index in [1.165, 1.54) is 16.7 Å². The van der Waals surface area contributed by atoms with Crippen molar-refractivity contribution in [1.29, 1.82) is 0 Å². The largest absolute Gasteiger partial charge is 0.103 e. The van der Waals surface area contributed by atoms with Crippen molar-refractivity contribution in [3.05, 3.63) is 90.5 Å². The quantitative estimate of drug-likeness (QED) is 0.627. The van der Waals surface area contributed by atoms with Crippen molar-refractivity contribution >= 4 is 5.57 Å². The second-order valence-electron chi connectivity index (χ2n) is 4.81. The fraction of sp³-hybridized carbons (Fsp3) is 0.158. The zero-order valence-corrected chi connectivity index (χ0v) is 11.4. The summed E-state index contributed by atoms with van der Waals surface area (Å²) in [7, 11) is 0. The molecular formula is C19H20. The van der Waals surface area contributed by atoms with E-state index in [0.717, 1.165) is 6.42 Å². The van der Waals surface area contributed by atoms with Gasteiger partial charge in [-0.15, -0.1) is 6.58 Å². The zero-order valence-electron chi connectivity index (χ0n) is 11.4. The van der Waals surface area contributed by atoms with Gasteiger partial charge in [-0.25, -0.2) is 0 Å². The van der Waals surface area contributed by atoms with Crippen LogP contribution in [0.15, 0.2) is 79.4 Å². The van der Waals surface area contributed by atoms with Gasteiger partial charge in [-0.2, -0.15) is 0 Å². The minimum absolute atomic E-state index is 0.493. The van der Waals surface area contributed by atoms with Gasteiger partial charge in [-0.3, -0.25) is 0 Å². The van der Waals surface area contributed by atoms with E-state index < -0.39 is 0 Å². The highest BCUT2D eigenvalue weighted by molar-refractivity contribution is 5.79. The Balaban J connectivity index is 2.42. The summed E-state index contributed by atoms with van der Waals surface area (Å²) in [6, 6.07) is 21.1. The van der Waals surface area contributed by atoms with Crippen LogP contribution in [-0.4, -0.2) is 0 Å². The molecule has 0 spiro atoms. The summed E-state index contributed by atoms with van der Waals surface area (Å²) in [5, 5.41) is 0. The summed E-state index contributed by atoms with van der Waals surface area (Å²) in [5.74, 6) is 0.493. The van der Waals surface area contributed by atoms with Crippen molar-refractivity contribution < 1.29 is 0 Å². The van der Waals surface area contributed by atoms with Gasteiger partial charge in [0.05, 0.1) is 0 Å². The molecule has 1 atom stereocenters. The maximum Gasteiger partial charge on any atom is -0.0149 e. The normalized spacial score (nSPS) is 11.6. The van der Waals surface area contributed by atoms with Crippen LogP contribution in [0.5, 0.6) is 0 Å². The lowest BCUT2D eigenvalue weighted by molar-refractivity contribution is 0.747. The first-order chi connectivity index (χ1) is 9.31. The Kier molecular flexibility index (Phi) is 4.74. The Morgan fingerprint density at radius 3 is 1.84 bits per heavy atom. The summed E-state index contributed by atoms with van der Waals surface area (Å²) in [5.41, 5.74) is 3.84. The van der Waals surface area contributed by atoms with Gasteiger partial charge >= 0.3 is 0 Å². The number of rotatable bonds is 5. The number of hydrogen-bond acceptors (Lipinski definition) is 0. The highest BCUT2D eigenvalue weighted by Crippen LogP contribution is 2.25. The van der Waals surface area contributed by atoms with Crippen molar-refractivity contribution in [2.24, 2.45) is 5.92 Å². The first-order valence-corrected chi connectivity index (χ1v) is 6.75. The molecule has 0 saturated carbocycles. The van der Waals surface area contributed by atoms with Gasteiger partial charge in [0.2, 0.25) is 0 Å². The van der Waals surface area contributed by atoms with Gasteiger partial charge in [-0.1, -0.05) is 79.7 Å². The van der Waals surface area contributed by atoms with E-state index in [9.17, 15) is 0 Å². The van der Waals surface area contributed by atoms with Gasteiger partial charge in [-0.05, 0) is 29.0 Å². The number of benzene rings is 2. The Hall–Kier alpha value is -2.08. The predicted octanol–water partition coefficient (Wildman–Crippen LogP) is 5.33. The fourth-order valence-electron chi connectivity index (χ4n) is 2.21. The van der Waals surface area contributed by atoms with Crippen LogP contribution in [0.25, 0.3) is 5.57 Å². The highest BCUT2D eigenvalue weighted by Gasteiger charge is 2.06. The van der Waals surface area contributed by atoms with E-state index in [2.05, 4.69) is 80.2 Å². The maximum absolute atomic E-state index is 3.82. The van der Waals surface area contributed by atoms with Gasteiger partial charge < -0.3 is 0 Å². The van der Waals surface area contributed by atoms with Crippen molar-refractivity contribution in [2.45, 2.75) is 13.3 Å². The van der Waals surface area contributed by atoms with E-state index in [4.69, 9.17) is 0 Å². The second-order valence-corrected chi connectivity index (χ2v) is 4.81. The van der Waals surface area contributed by atoms with Crippen LogP contribution in [0.3, 0.4) is 0 Å². The lowest BCUT2D eigenvalue weighted by Gasteiger charge is -2.11. The predicted molar refractivity (Wildman–Crippen MR) is 83.9 cm³/mol. The van der Waals surface area contributed by atoms with Crippen LogP contribution in [0.1, 0.15) is 24.5 Å². The van der Waals surface area contributed by atoms with E-state index in [0.29, 0.717) is 5.92 Å². The highest BCUT2D eigenvalue weighted by atomic mass is 14.1. The summed E-state index contributed by atoms with van der Waals surface area (Å²) < 4.78 is 0. The first kappa shape index (κ1) is 13.4. The molecule has 1 unspecified atom stereocenters. The van der Waals surface area contributed by atoms with Crippen LogP contribution in [-0.2, 0) is 0 Å². The summed E-state index contributed by atoms with van der Waals surface area (Å²) >= 11 is 0. The van der Waals surface area contributed by atoms with E-state index in [-0.39, 0.29) is 0 Å². The SMILES string of the molecule is C=CCC(C)C=C(c1ccccc1)c1ccccc1. The molecule has 19 heavy (non-hydrogen) atoms. The van der Waals surface area contributed by atoms with E-state index in [1.54, 1.807) is 0 Å². The molecule has 2 aromatic rings. The smallest absolute Gasteiger partial charge is 0.0149 e. The molecule has 0 N–H and O–H groups in total. The third kappa shape index (κ3) is 3.69. The second kappa shape index (κ2) is 6.75. The number of hydrogen-bond donors (Lipinski definition) is 0. The van der Waals surface area contributed by atoms with Crippen LogP contribution < -0.4 is 0 Å². The molecule has 2 rings (SSSR count). The lowest BCUT2D eigenvalue weighted by Crippen LogP contribution is -1.93. The molecule has 0 heteroatoms. The maximum atomic E-state index is 3.82. The fourth-order valence-corrected chi connectivity index (χ4v) is 2.21. The molecule has 2 aromatic carbocycles. The van der Waals surface area contributed by atoms with Crippen molar-refractivity contribution in [3.8, 4) is 0 Å². The van der Waals surface area contributed by atoms with Crippen LogP contribution >= 0.6 is 0 Å². The molecule has 96 valence electrons. The topological polar surface area (TPSA) is 0 Å². The summed E-state index contributed by atoms with van der Waals surface area (Å²) in [4.78, 5) is 0. The molecule has 0 aliphatic carbocycles. The van der Waals surface area contributed by atoms with Crippen molar-refractivity contribution in [1.82, 2.24) is 0 Å². The monoisotopic (exact) mass is 248 g/mol. The lowest BCUT2D eigenvalue weighted by atomic mass is 9.93. The molecule has 0 radical (unpaired) electrons. The van der Waals surface area contributed by atoms with Crippen LogP contribution in [0.4, 0.5) is 0 Å². The minimum Gasteiger partial charge on any atom is -0.103 e. The molecule has 0 heterocycles. The standard InChI is InChI=1S/C19H20/c1-3-10-16(2)15-19(17-11-6-4-7-12-17)18-13-8-5-9-14-18/h3-9,11-16H,1,10H2,2H3. The Morgan fingerprint density at radius 2 is 1.42 bits per heavy atom. The third-order valence-corrected chi connectivity index (χ3v) is 3.16. The Morgan fingerprint density at radius 1 is 0.947 bits per heavy atom. The van der Waals surface area contributed by atoms with Gasteiger partial charge in [0.15, 0.2) is 0 Å². The molecular weight excluding hydrogens is 228 g/mol. The van der Waals surface area contributed by atoms with Crippen molar-refractivity contribution in [2.75, 3.05) is 0 Å². The molecule has 0 aliphatic heterocycles. The third-order valence-electron chi connectivity index (χ3n) is 3.16. The summed E-state index contributed by atoms with van der Waals surface area (Å²) in [6.45, 7) is 6.05. The van der Waals surface area contributed by atoms with Crippen molar-refractivity contribution in [3.63, 3.8) is 0 Å². The summed E-state index contributed by atoms with van der Waals surface area (Å²) in [6.07, 6.45) is 5.32. The Labute approximate surface area is 116 Å².